The zero-order valence-electron chi connectivity index (χ0n) is 17.4. The molecule has 2 aliphatic rings. The van der Waals surface area contributed by atoms with Crippen molar-refractivity contribution in [3.8, 4) is 11.4 Å². The summed E-state index contributed by atoms with van der Waals surface area (Å²) >= 11 is 5.97. The summed E-state index contributed by atoms with van der Waals surface area (Å²) in [4.78, 5) is 38.6. The molecule has 158 valence electrons. The second-order valence-corrected chi connectivity index (χ2v) is 9.08. The van der Waals surface area contributed by atoms with Crippen LogP contribution in [0.3, 0.4) is 0 Å². The van der Waals surface area contributed by atoms with Crippen LogP contribution in [0.4, 0.5) is 4.79 Å². The third kappa shape index (κ3) is 4.12. The largest absolute Gasteiger partial charge is 0.444 e. The molecule has 3 heterocycles. The van der Waals surface area contributed by atoms with Gasteiger partial charge in [-0.05, 0) is 57.9 Å². The second kappa shape index (κ2) is 7.87. The van der Waals surface area contributed by atoms with Gasteiger partial charge in [0.15, 0.2) is 5.82 Å². The minimum absolute atomic E-state index is 0.0973. The Hall–Kier alpha value is -2.67. The number of carbonyl (C=O) groups is 2. The predicted molar refractivity (Wildman–Crippen MR) is 113 cm³/mol. The quantitative estimate of drug-likeness (QED) is 0.716. The van der Waals surface area contributed by atoms with Crippen molar-refractivity contribution in [2.24, 2.45) is 0 Å². The lowest BCUT2D eigenvalue weighted by atomic mass is 10.1. The topological polar surface area (TPSA) is 75.6 Å². The number of ether oxygens (including phenoxy) is 1. The fourth-order valence-electron chi connectivity index (χ4n) is 3.81. The van der Waals surface area contributed by atoms with Crippen LogP contribution in [0.1, 0.15) is 50.9 Å². The molecule has 0 N–H and O–H groups in total. The minimum atomic E-state index is -0.757. The van der Waals surface area contributed by atoms with Gasteiger partial charge in [-0.25, -0.2) is 14.8 Å². The maximum Gasteiger partial charge on any atom is 0.411 e. The number of halogens is 1. The van der Waals surface area contributed by atoms with Crippen LogP contribution in [-0.2, 0) is 16.1 Å². The van der Waals surface area contributed by atoms with Crippen LogP contribution in [0.15, 0.2) is 30.5 Å². The molecular formula is C22H25ClN4O3. The van der Waals surface area contributed by atoms with Crippen LogP contribution in [0.5, 0.6) is 0 Å². The zero-order chi connectivity index (χ0) is 21.5. The molecule has 4 rings (SSSR count). The van der Waals surface area contributed by atoms with Crippen LogP contribution in [-0.4, -0.2) is 50.5 Å². The number of rotatable bonds is 2. The summed E-state index contributed by atoms with van der Waals surface area (Å²) in [5.74, 6) is 0.434. The van der Waals surface area contributed by atoms with Crippen LogP contribution in [0.2, 0.25) is 5.02 Å². The van der Waals surface area contributed by atoms with Gasteiger partial charge in [-0.1, -0.05) is 11.6 Å². The van der Waals surface area contributed by atoms with Gasteiger partial charge in [0.2, 0.25) is 5.91 Å². The first kappa shape index (κ1) is 20.6. The third-order valence-electron chi connectivity index (χ3n) is 5.21. The Labute approximate surface area is 181 Å². The van der Waals surface area contributed by atoms with Gasteiger partial charge in [-0.2, -0.15) is 0 Å². The van der Waals surface area contributed by atoms with Gasteiger partial charge >= 0.3 is 6.09 Å². The van der Waals surface area contributed by atoms with Crippen LogP contribution in [0.25, 0.3) is 11.4 Å². The number of aromatic nitrogens is 2. The smallest absolute Gasteiger partial charge is 0.411 e. The van der Waals surface area contributed by atoms with Crippen molar-refractivity contribution in [1.29, 1.82) is 0 Å². The van der Waals surface area contributed by atoms with E-state index in [4.69, 9.17) is 16.3 Å². The summed E-state index contributed by atoms with van der Waals surface area (Å²) in [6.45, 7) is 7.04. The Bertz CT molecular complexity index is 965. The van der Waals surface area contributed by atoms with Gasteiger partial charge in [0, 0.05) is 35.4 Å². The molecule has 8 heteroatoms. The van der Waals surface area contributed by atoms with E-state index in [1.807, 2.05) is 37.8 Å². The number of fused-ring (bicyclic) bond motifs is 1. The number of amides is 2. The molecule has 1 atom stereocenters. The molecule has 0 aliphatic carbocycles. The number of carbonyl (C=O) groups excluding carboxylic acids is 2. The van der Waals surface area contributed by atoms with Gasteiger partial charge in [0.1, 0.15) is 11.6 Å². The summed E-state index contributed by atoms with van der Waals surface area (Å²) < 4.78 is 5.58. The Morgan fingerprint density at radius 2 is 1.80 bits per heavy atom. The fraction of sp³-hybridized carbons (Fsp3) is 0.455. The highest BCUT2D eigenvalue weighted by molar-refractivity contribution is 6.30. The van der Waals surface area contributed by atoms with Crippen molar-refractivity contribution in [1.82, 2.24) is 19.8 Å². The molecule has 1 saturated heterocycles. The normalized spacial score (nSPS) is 18.5. The van der Waals surface area contributed by atoms with E-state index in [1.165, 1.54) is 4.90 Å². The fourth-order valence-corrected chi connectivity index (χ4v) is 3.93. The maximum absolute atomic E-state index is 13.3. The molecule has 30 heavy (non-hydrogen) atoms. The van der Waals surface area contributed by atoms with E-state index in [0.29, 0.717) is 35.2 Å². The average molecular weight is 429 g/mol. The molecule has 0 bridgehead atoms. The maximum atomic E-state index is 13.3. The Morgan fingerprint density at radius 1 is 1.13 bits per heavy atom. The minimum Gasteiger partial charge on any atom is -0.444 e. The summed E-state index contributed by atoms with van der Waals surface area (Å²) in [6, 6.07) is 6.49. The van der Waals surface area contributed by atoms with Crippen molar-refractivity contribution >= 4 is 23.6 Å². The Morgan fingerprint density at radius 3 is 2.43 bits per heavy atom. The summed E-state index contributed by atoms with van der Waals surface area (Å²) in [5, 5.41) is 0.632. The first-order chi connectivity index (χ1) is 14.2. The predicted octanol–water partition coefficient (Wildman–Crippen LogP) is 4.21. The number of nitrogens with zero attached hydrogens (tertiary/aromatic N) is 4. The van der Waals surface area contributed by atoms with Gasteiger partial charge < -0.3 is 9.64 Å². The molecule has 1 fully saturated rings. The number of benzene rings is 1. The SMILES string of the molecule is CC(C)(C)OC(=O)N1Cc2nc(-c3ccc(Cl)cc3)ncc2[C@@H]1C(=O)N1CCCC1. The van der Waals surface area contributed by atoms with E-state index in [-0.39, 0.29) is 12.5 Å². The number of likely N-dealkylation sites (tertiary alicyclic amines) is 1. The second-order valence-electron chi connectivity index (χ2n) is 8.65. The molecule has 2 aromatic rings. The molecule has 1 aromatic heterocycles. The lowest BCUT2D eigenvalue weighted by Gasteiger charge is -2.30. The van der Waals surface area contributed by atoms with E-state index < -0.39 is 17.7 Å². The van der Waals surface area contributed by atoms with Gasteiger partial charge in [-0.3, -0.25) is 9.69 Å². The van der Waals surface area contributed by atoms with Gasteiger partial charge in [-0.15, -0.1) is 0 Å². The summed E-state index contributed by atoms with van der Waals surface area (Å²) in [7, 11) is 0. The first-order valence-corrected chi connectivity index (χ1v) is 10.5. The Balaban J connectivity index is 1.69. The lowest BCUT2D eigenvalue weighted by Crippen LogP contribution is -2.43. The molecule has 2 amide bonds. The third-order valence-corrected chi connectivity index (χ3v) is 5.46. The Kier molecular flexibility index (Phi) is 5.40. The molecule has 0 unspecified atom stereocenters. The molecule has 1 aromatic carbocycles. The van der Waals surface area contributed by atoms with Crippen molar-refractivity contribution < 1.29 is 14.3 Å². The monoisotopic (exact) mass is 428 g/mol. The molecule has 0 radical (unpaired) electrons. The van der Waals surface area contributed by atoms with Crippen LogP contribution in [0, 0.1) is 0 Å². The zero-order valence-corrected chi connectivity index (χ0v) is 18.1. The van der Waals surface area contributed by atoms with E-state index in [2.05, 4.69) is 9.97 Å². The molecule has 0 spiro atoms. The molecule has 0 saturated carbocycles. The van der Waals surface area contributed by atoms with E-state index in [0.717, 1.165) is 18.4 Å². The van der Waals surface area contributed by atoms with Gasteiger partial charge in [0.05, 0.1) is 12.2 Å². The van der Waals surface area contributed by atoms with E-state index in [1.54, 1.807) is 18.3 Å². The number of hydrogen-bond acceptors (Lipinski definition) is 5. The highest BCUT2D eigenvalue weighted by Gasteiger charge is 2.43. The molecule has 2 aliphatic heterocycles. The highest BCUT2D eigenvalue weighted by atomic mass is 35.5. The van der Waals surface area contributed by atoms with Crippen LogP contribution < -0.4 is 0 Å². The van der Waals surface area contributed by atoms with Crippen molar-refractivity contribution in [2.75, 3.05) is 13.1 Å². The molecule has 7 nitrogen and oxygen atoms in total. The first-order valence-electron chi connectivity index (χ1n) is 10.1. The van der Waals surface area contributed by atoms with Gasteiger partial charge in [0.25, 0.3) is 0 Å². The standard InChI is InChI=1S/C22H25ClN4O3/c1-22(2,3)30-21(29)27-13-17-16(18(27)20(28)26-10-4-5-11-26)12-24-19(25-17)14-6-8-15(23)9-7-14/h6-9,12,18H,4-5,10-11,13H2,1-3H3/t18-/m1/s1. The summed E-state index contributed by atoms with van der Waals surface area (Å²) in [6.07, 6.45) is 3.09. The number of hydrogen-bond donors (Lipinski definition) is 0. The molecular weight excluding hydrogens is 404 g/mol. The van der Waals surface area contributed by atoms with Crippen molar-refractivity contribution in [2.45, 2.75) is 51.8 Å². The van der Waals surface area contributed by atoms with Crippen molar-refractivity contribution in [3.05, 3.63) is 46.7 Å². The van der Waals surface area contributed by atoms with Crippen molar-refractivity contribution in [3.63, 3.8) is 0 Å². The summed E-state index contributed by atoms with van der Waals surface area (Å²) in [5.41, 5.74) is 1.49. The highest BCUT2D eigenvalue weighted by Crippen LogP contribution is 2.36. The van der Waals surface area contributed by atoms with Crippen LogP contribution >= 0.6 is 11.6 Å². The van der Waals surface area contributed by atoms with E-state index in [9.17, 15) is 9.59 Å². The lowest BCUT2D eigenvalue weighted by molar-refractivity contribution is -0.135. The van der Waals surface area contributed by atoms with E-state index >= 15 is 0 Å². The average Bonchev–Trinajstić information content (AvgIpc) is 3.34.